The maximum absolute atomic E-state index is 14.5. The van der Waals surface area contributed by atoms with Gasteiger partial charge in [-0.1, -0.05) is 0 Å². The maximum atomic E-state index is 14.5. The molecule has 2 aromatic carbocycles. The van der Waals surface area contributed by atoms with E-state index in [9.17, 15) is 21.6 Å². The molecule has 1 aromatic heterocycles. The van der Waals surface area contributed by atoms with E-state index in [1.54, 1.807) is 6.07 Å². The molecule has 0 amide bonds. The lowest BCUT2D eigenvalue weighted by Crippen LogP contribution is -2.18. The Kier molecular flexibility index (Phi) is 7.13. The molecule has 7 nitrogen and oxygen atoms in total. The van der Waals surface area contributed by atoms with Gasteiger partial charge in [0.05, 0.1) is 18.5 Å². The Morgan fingerprint density at radius 2 is 1.74 bits per heavy atom. The van der Waals surface area contributed by atoms with Gasteiger partial charge < -0.3 is 9.88 Å². The second-order valence-corrected chi connectivity index (χ2v) is 9.16. The van der Waals surface area contributed by atoms with Gasteiger partial charge in [0.25, 0.3) is 10.0 Å². The van der Waals surface area contributed by atoms with Crippen molar-refractivity contribution in [3.63, 3.8) is 0 Å². The second kappa shape index (κ2) is 9.46. The van der Waals surface area contributed by atoms with Crippen LogP contribution >= 0.6 is 22.6 Å². The molecule has 31 heavy (non-hydrogen) atoms. The van der Waals surface area contributed by atoms with Crippen LogP contribution in [-0.2, 0) is 33.5 Å². The summed E-state index contributed by atoms with van der Waals surface area (Å²) in [6.45, 7) is -0.00736. The minimum atomic E-state index is -4.22. The molecular weight excluding hydrogens is 550 g/mol. The number of halogens is 4. The summed E-state index contributed by atoms with van der Waals surface area (Å²) < 4.78 is 72.5. The molecule has 0 unspecified atom stereocenters. The lowest BCUT2D eigenvalue weighted by molar-refractivity contribution is -0.283. The van der Waals surface area contributed by atoms with E-state index in [1.165, 1.54) is 43.0 Å². The Labute approximate surface area is 190 Å². The van der Waals surface area contributed by atoms with Crippen molar-refractivity contribution in [2.45, 2.75) is 11.6 Å². The smallest absolute Gasteiger partial charge is 0.277 e. The molecule has 0 atom stereocenters. The molecular formula is C19H17F3IN3O4S. The van der Waals surface area contributed by atoms with Gasteiger partial charge in [-0.05, 0) is 65.1 Å². The van der Waals surface area contributed by atoms with Crippen molar-refractivity contribution in [1.82, 2.24) is 4.57 Å². The monoisotopic (exact) mass is 567 g/mol. The van der Waals surface area contributed by atoms with Gasteiger partial charge in [0.1, 0.15) is 18.1 Å². The Bertz CT molecular complexity index is 1220. The molecule has 0 radical (unpaired) electrons. The summed E-state index contributed by atoms with van der Waals surface area (Å²) in [5.41, 5.74) is -0.511. The summed E-state index contributed by atoms with van der Waals surface area (Å²) >= 11 is 1.90. The van der Waals surface area contributed by atoms with Crippen LogP contribution in [0.15, 0.2) is 47.5 Å². The number of nitrogens with zero attached hydrogens (tertiary/aromatic N) is 1. The zero-order chi connectivity index (χ0) is 22.8. The number of sulfonamides is 1. The molecule has 0 aliphatic rings. The van der Waals surface area contributed by atoms with Gasteiger partial charge >= 0.3 is 0 Å². The van der Waals surface area contributed by atoms with Crippen LogP contribution in [0.2, 0.25) is 0 Å². The van der Waals surface area contributed by atoms with E-state index in [-0.39, 0.29) is 23.0 Å². The third kappa shape index (κ3) is 5.14. The number of nitrogens with one attached hydrogen (secondary N) is 2. The van der Waals surface area contributed by atoms with Crippen molar-refractivity contribution in [2.24, 2.45) is 7.05 Å². The van der Waals surface area contributed by atoms with Gasteiger partial charge in [0, 0.05) is 16.3 Å². The SMILES string of the molecule is COOCc1ccc(S(=O)(=O)Nc2ccc(F)c(F)c2Nc2ccc(I)cc2F)n1C. The Hall–Kier alpha value is -2.29. The number of hydrogen-bond donors (Lipinski definition) is 2. The zero-order valence-corrected chi connectivity index (χ0v) is 19.2. The Morgan fingerprint density at radius 3 is 2.42 bits per heavy atom. The molecule has 0 aliphatic carbocycles. The van der Waals surface area contributed by atoms with Crippen LogP contribution in [0.25, 0.3) is 0 Å². The van der Waals surface area contributed by atoms with Gasteiger partial charge in [-0.3, -0.25) is 4.72 Å². The first-order valence-electron chi connectivity index (χ1n) is 8.67. The van der Waals surface area contributed by atoms with Crippen molar-refractivity contribution in [2.75, 3.05) is 17.1 Å². The van der Waals surface area contributed by atoms with Crippen molar-refractivity contribution in [1.29, 1.82) is 0 Å². The first-order chi connectivity index (χ1) is 14.6. The molecule has 12 heteroatoms. The summed E-state index contributed by atoms with van der Waals surface area (Å²) in [6, 6.07) is 8.73. The highest BCUT2D eigenvalue weighted by molar-refractivity contribution is 14.1. The topological polar surface area (TPSA) is 81.6 Å². The molecule has 0 saturated carbocycles. The summed E-state index contributed by atoms with van der Waals surface area (Å²) in [4.78, 5) is 9.32. The van der Waals surface area contributed by atoms with Crippen molar-refractivity contribution < 1.29 is 31.4 Å². The second-order valence-electron chi connectivity index (χ2n) is 6.29. The van der Waals surface area contributed by atoms with Crippen LogP contribution in [0.4, 0.5) is 30.2 Å². The van der Waals surface area contributed by atoms with Crippen LogP contribution in [0.5, 0.6) is 0 Å². The minimum absolute atomic E-state index is 0.00736. The number of rotatable bonds is 8. The average Bonchev–Trinajstić information content (AvgIpc) is 3.08. The van der Waals surface area contributed by atoms with Gasteiger partial charge in [0.15, 0.2) is 16.7 Å². The zero-order valence-electron chi connectivity index (χ0n) is 16.2. The van der Waals surface area contributed by atoms with Gasteiger partial charge in [-0.15, -0.1) is 0 Å². The van der Waals surface area contributed by atoms with E-state index < -0.39 is 33.2 Å². The van der Waals surface area contributed by atoms with Crippen LogP contribution in [0.3, 0.4) is 0 Å². The van der Waals surface area contributed by atoms with Crippen LogP contribution in [0.1, 0.15) is 5.69 Å². The lowest BCUT2D eigenvalue weighted by Gasteiger charge is -2.16. The molecule has 0 spiro atoms. The predicted molar refractivity (Wildman–Crippen MR) is 117 cm³/mol. The molecule has 0 bridgehead atoms. The highest BCUT2D eigenvalue weighted by Gasteiger charge is 2.24. The van der Waals surface area contributed by atoms with Crippen LogP contribution in [0, 0.1) is 21.0 Å². The fourth-order valence-corrected chi connectivity index (χ4v) is 4.49. The Morgan fingerprint density at radius 1 is 1.03 bits per heavy atom. The molecule has 0 fully saturated rings. The van der Waals surface area contributed by atoms with E-state index >= 15 is 0 Å². The van der Waals surface area contributed by atoms with E-state index in [0.29, 0.717) is 9.26 Å². The quantitative estimate of drug-likeness (QED) is 0.235. The molecule has 166 valence electrons. The largest absolute Gasteiger partial charge is 0.349 e. The molecule has 0 aliphatic heterocycles. The van der Waals surface area contributed by atoms with Crippen LogP contribution < -0.4 is 10.0 Å². The highest BCUT2D eigenvalue weighted by atomic mass is 127. The fourth-order valence-electron chi connectivity index (χ4n) is 2.75. The van der Waals surface area contributed by atoms with Crippen LogP contribution in [-0.4, -0.2) is 20.1 Å². The standard InChI is InChI=1S/C19H17F3IN3O4S/c1-26-12(10-30-29-2)4-8-17(26)31(27,28)25-16-7-5-13(20)18(22)19(16)24-15-6-3-11(23)9-14(15)21/h3-9,24-25H,10H2,1-2H3. The maximum Gasteiger partial charge on any atom is 0.277 e. The summed E-state index contributed by atoms with van der Waals surface area (Å²) in [5.74, 6) is -3.30. The molecule has 3 aromatic rings. The number of anilines is 3. The van der Waals surface area contributed by atoms with Crippen molar-refractivity contribution in [3.8, 4) is 0 Å². The molecule has 2 N–H and O–H groups in total. The van der Waals surface area contributed by atoms with E-state index in [0.717, 1.165) is 12.1 Å². The summed E-state index contributed by atoms with van der Waals surface area (Å²) in [7, 11) is -1.41. The average molecular weight is 567 g/mol. The van der Waals surface area contributed by atoms with E-state index in [1.807, 2.05) is 22.6 Å². The Balaban J connectivity index is 1.98. The molecule has 0 saturated heterocycles. The fraction of sp³-hybridized carbons (Fsp3) is 0.158. The summed E-state index contributed by atoms with van der Waals surface area (Å²) in [5, 5.41) is 2.28. The van der Waals surface area contributed by atoms with E-state index in [2.05, 4.69) is 14.9 Å². The minimum Gasteiger partial charge on any atom is -0.349 e. The molecule has 1 heterocycles. The van der Waals surface area contributed by atoms with Crippen molar-refractivity contribution >= 4 is 49.7 Å². The third-order valence-corrected chi connectivity index (χ3v) is 6.43. The van der Waals surface area contributed by atoms with Gasteiger partial charge in [0.2, 0.25) is 0 Å². The number of hydrogen-bond acceptors (Lipinski definition) is 5. The first-order valence-corrected chi connectivity index (χ1v) is 11.2. The van der Waals surface area contributed by atoms with Gasteiger partial charge in [-0.25, -0.2) is 22.9 Å². The van der Waals surface area contributed by atoms with Gasteiger partial charge in [-0.2, -0.15) is 8.42 Å². The van der Waals surface area contributed by atoms with E-state index in [4.69, 9.17) is 4.89 Å². The normalized spacial score (nSPS) is 11.5. The number of benzene rings is 2. The summed E-state index contributed by atoms with van der Waals surface area (Å²) in [6.07, 6.45) is 0. The first kappa shape index (κ1) is 23.4. The number of aromatic nitrogens is 1. The van der Waals surface area contributed by atoms with Crippen molar-refractivity contribution in [3.05, 3.63) is 69.2 Å². The highest BCUT2D eigenvalue weighted by Crippen LogP contribution is 2.33. The third-order valence-electron chi connectivity index (χ3n) is 4.31. The predicted octanol–water partition coefficient (Wildman–Crippen LogP) is 4.67. The lowest BCUT2D eigenvalue weighted by atomic mass is 10.2. The molecule has 3 rings (SSSR count).